The van der Waals surface area contributed by atoms with Crippen LogP contribution in [0.3, 0.4) is 0 Å². The Hall–Kier alpha value is -3.09. The van der Waals surface area contributed by atoms with Gasteiger partial charge in [-0.3, -0.25) is 0 Å². The molecule has 3 aliphatic rings. The third-order valence-corrected chi connectivity index (χ3v) is 9.13. The highest BCUT2D eigenvalue weighted by Crippen LogP contribution is 2.31. The van der Waals surface area contributed by atoms with Crippen molar-refractivity contribution in [2.45, 2.75) is 105 Å². The van der Waals surface area contributed by atoms with Gasteiger partial charge in [-0.05, 0) is 29.7 Å². The molecule has 0 spiro atoms. The summed E-state index contributed by atoms with van der Waals surface area (Å²) in [6.45, 7) is -1.70. The normalized spacial score (nSPS) is 37.5. The lowest BCUT2D eigenvalue weighted by Crippen LogP contribution is -2.65. The van der Waals surface area contributed by atoms with E-state index in [1.165, 1.54) is 0 Å². The molecule has 11 N–H and O–H groups in total. The zero-order valence-electron chi connectivity index (χ0n) is 28.3. The quantitative estimate of drug-likeness (QED) is 0.0875. The van der Waals surface area contributed by atoms with Crippen molar-refractivity contribution in [3.63, 3.8) is 0 Å². The first-order valence-electron chi connectivity index (χ1n) is 17.0. The minimum Gasteiger partial charge on any atom is -0.462 e. The number of carbonyl (C=O) groups is 1. The maximum Gasteiger partial charge on any atom is 0.407 e. The fourth-order valence-electron chi connectivity index (χ4n) is 5.98. The minimum atomic E-state index is -1.88. The topological polar surface area (TPSA) is 296 Å². The van der Waals surface area contributed by atoms with Crippen molar-refractivity contribution in [3.05, 3.63) is 65.7 Å². The van der Waals surface area contributed by atoms with Crippen LogP contribution in [0.2, 0.25) is 0 Å². The number of aliphatic hydroxyl groups excluding tert-OH is 10. The molecule has 7 unspecified atom stereocenters. The van der Waals surface area contributed by atoms with Gasteiger partial charge in [-0.1, -0.05) is 42.5 Å². The van der Waals surface area contributed by atoms with Crippen LogP contribution in [0.4, 0.5) is 4.79 Å². The molecule has 53 heavy (non-hydrogen) atoms. The first-order valence-corrected chi connectivity index (χ1v) is 17.0. The smallest absolute Gasteiger partial charge is 0.407 e. The maximum absolute atomic E-state index is 12.1. The fraction of sp³-hybridized carbons (Fsp3) is 0.618. The second kappa shape index (κ2) is 19.0. The Morgan fingerprint density at radius 3 is 1.83 bits per heavy atom. The summed E-state index contributed by atoms with van der Waals surface area (Å²) in [7, 11) is 0. The molecule has 0 saturated carbocycles. The van der Waals surface area contributed by atoms with Gasteiger partial charge in [-0.25, -0.2) is 4.79 Å². The monoisotopic (exact) mass is 757 g/mol. The molecule has 3 aliphatic heterocycles. The molecule has 15 atom stereocenters. The summed E-state index contributed by atoms with van der Waals surface area (Å²) in [6.07, 6.45) is -25.1. The number of benzene rings is 2. The standard InChI is InChI=1S/C34H47NO18/c36-12-19-22(38)25(41)27(43)31(50-19)47-15-21-24(40)30(53-32-28(44)26(42)23(39)20(13-37)51-32)29(45)33(52-21)49-18-8-6-16(7-9-18)10-11-35-34(46)48-14-17-4-2-1-3-5-17/h1-9,19-33,36-45H,10-15H2,(H,35,46)/t19?,20-,21?,22+,23?,24+,25-,26?,27?,28?,29?,30-,31-,32+,33-/m0/s1. The summed E-state index contributed by atoms with van der Waals surface area (Å²) in [5, 5.41) is 106. The van der Waals surface area contributed by atoms with Crippen LogP contribution in [0.1, 0.15) is 11.1 Å². The Kier molecular flexibility index (Phi) is 14.7. The van der Waals surface area contributed by atoms with Gasteiger partial charge in [0.05, 0.1) is 19.8 Å². The molecule has 5 rings (SSSR count). The van der Waals surface area contributed by atoms with Gasteiger partial charge in [0, 0.05) is 6.54 Å². The van der Waals surface area contributed by atoms with Gasteiger partial charge >= 0.3 is 6.09 Å². The van der Waals surface area contributed by atoms with Crippen molar-refractivity contribution in [3.8, 4) is 5.75 Å². The lowest BCUT2D eigenvalue weighted by molar-refractivity contribution is -0.358. The summed E-state index contributed by atoms with van der Waals surface area (Å²) in [4.78, 5) is 12.1. The van der Waals surface area contributed by atoms with E-state index >= 15 is 0 Å². The minimum absolute atomic E-state index is 0.125. The third kappa shape index (κ3) is 10.2. The Labute approximate surface area is 303 Å². The highest BCUT2D eigenvalue weighted by molar-refractivity contribution is 5.67. The van der Waals surface area contributed by atoms with E-state index in [9.17, 15) is 55.9 Å². The van der Waals surface area contributed by atoms with Crippen LogP contribution in [-0.2, 0) is 41.4 Å². The van der Waals surface area contributed by atoms with Crippen LogP contribution < -0.4 is 10.1 Å². The van der Waals surface area contributed by atoms with Crippen molar-refractivity contribution >= 4 is 6.09 Å². The molecule has 1 amide bonds. The Morgan fingerprint density at radius 2 is 1.21 bits per heavy atom. The number of hydrogen-bond donors (Lipinski definition) is 11. The number of amides is 1. The van der Waals surface area contributed by atoms with E-state index < -0.39 is 118 Å². The fourth-order valence-corrected chi connectivity index (χ4v) is 5.98. The van der Waals surface area contributed by atoms with E-state index in [1.807, 2.05) is 30.3 Å². The van der Waals surface area contributed by atoms with Crippen LogP contribution in [0.25, 0.3) is 0 Å². The second-order valence-electron chi connectivity index (χ2n) is 12.9. The van der Waals surface area contributed by atoms with E-state index in [-0.39, 0.29) is 18.9 Å². The zero-order valence-corrected chi connectivity index (χ0v) is 28.3. The van der Waals surface area contributed by atoms with Crippen molar-refractivity contribution in [1.82, 2.24) is 5.32 Å². The molecule has 0 aromatic heterocycles. The van der Waals surface area contributed by atoms with Crippen molar-refractivity contribution in [2.24, 2.45) is 0 Å². The average Bonchev–Trinajstić information content (AvgIpc) is 3.17. The molecular weight excluding hydrogens is 710 g/mol. The number of alkyl carbamates (subject to hydrolysis) is 1. The SMILES string of the molecule is O=C(NCCc1ccc(O[C@H]2OC(CO[C@H]3OC(CO)[C@@H](O)[C@H](O)C3O)[C@@H](O)[C@H](O[C@H]3O[C@@H](CO)C(O)C(O)C3O)C2O)cc1)OCc1ccccc1. The molecule has 296 valence electrons. The zero-order chi connectivity index (χ0) is 38.2. The van der Waals surface area contributed by atoms with Gasteiger partial charge in [0.1, 0.15) is 85.6 Å². The van der Waals surface area contributed by atoms with Crippen molar-refractivity contribution < 1.29 is 89.0 Å². The summed E-state index contributed by atoms with van der Waals surface area (Å²) in [5.41, 5.74) is 1.65. The molecule has 3 saturated heterocycles. The first kappa shape index (κ1) is 41.1. The summed E-state index contributed by atoms with van der Waals surface area (Å²) in [5.74, 6) is 0.185. The summed E-state index contributed by atoms with van der Waals surface area (Å²) < 4.78 is 39.0. The maximum atomic E-state index is 12.1. The Bertz CT molecular complexity index is 1400. The first-order chi connectivity index (χ1) is 25.4. The van der Waals surface area contributed by atoms with Gasteiger partial charge in [-0.15, -0.1) is 0 Å². The molecule has 3 heterocycles. The predicted molar refractivity (Wildman–Crippen MR) is 174 cm³/mol. The molecule has 0 bridgehead atoms. The van der Waals surface area contributed by atoms with Crippen LogP contribution in [0.15, 0.2) is 54.6 Å². The highest BCUT2D eigenvalue weighted by Gasteiger charge is 2.52. The number of rotatable bonds is 14. The Morgan fingerprint density at radius 1 is 0.623 bits per heavy atom. The van der Waals surface area contributed by atoms with Crippen molar-refractivity contribution in [1.29, 1.82) is 0 Å². The average molecular weight is 758 g/mol. The van der Waals surface area contributed by atoms with Gasteiger partial charge in [0.15, 0.2) is 12.6 Å². The van der Waals surface area contributed by atoms with Gasteiger partial charge in [0.2, 0.25) is 6.29 Å². The molecule has 19 nitrogen and oxygen atoms in total. The number of nitrogens with one attached hydrogen (secondary N) is 1. The summed E-state index contributed by atoms with van der Waals surface area (Å²) >= 11 is 0. The third-order valence-electron chi connectivity index (χ3n) is 9.13. The highest BCUT2D eigenvalue weighted by atomic mass is 16.7. The van der Waals surface area contributed by atoms with Crippen molar-refractivity contribution in [2.75, 3.05) is 26.4 Å². The van der Waals surface area contributed by atoms with Gasteiger partial charge in [0.25, 0.3) is 0 Å². The molecule has 3 fully saturated rings. The molecule has 2 aromatic carbocycles. The summed E-state index contributed by atoms with van der Waals surface area (Å²) in [6, 6.07) is 15.7. The van der Waals surface area contributed by atoms with Crippen LogP contribution in [0.5, 0.6) is 5.75 Å². The molecule has 19 heteroatoms. The van der Waals surface area contributed by atoms with Crippen LogP contribution >= 0.6 is 0 Å². The lowest BCUT2D eigenvalue weighted by atomic mass is 9.96. The van der Waals surface area contributed by atoms with E-state index in [2.05, 4.69) is 5.32 Å². The number of aliphatic hydroxyl groups is 10. The number of hydrogen-bond acceptors (Lipinski definition) is 18. The molecule has 0 radical (unpaired) electrons. The number of carbonyl (C=O) groups excluding carboxylic acids is 1. The van der Waals surface area contributed by atoms with E-state index in [4.69, 9.17) is 33.2 Å². The Balaban J connectivity index is 1.23. The lowest BCUT2D eigenvalue weighted by Gasteiger charge is -2.46. The van der Waals surface area contributed by atoms with Gasteiger partial charge in [-0.2, -0.15) is 0 Å². The predicted octanol–water partition coefficient (Wildman–Crippen LogP) is -4.02. The number of ether oxygens (including phenoxy) is 7. The van der Waals surface area contributed by atoms with E-state index in [1.54, 1.807) is 24.3 Å². The molecular formula is C34H47NO18. The van der Waals surface area contributed by atoms with Crippen LogP contribution in [0, 0.1) is 0 Å². The van der Waals surface area contributed by atoms with Crippen LogP contribution in [-0.4, -0.2) is 176 Å². The molecule has 2 aromatic rings. The molecule has 0 aliphatic carbocycles. The second-order valence-corrected chi connectivity index (χ2v) is 12.9. The largest absolute Gasteiger partial charge is 0.462 e. The van der Waals surface area contributed by atoms with E-state index in [0.29, 0.717) is 6.42 Å². The van der Waals surface area contributed by atoms with E-state index in [0.717, 1.165) is 11.1 Å². The van der Waals surface area contributed by atoms with Gasteiger partial charge < -0.3 is 89.5 Å².